The van der Waals surface area contributed by atoms with Crippen LogP contribution in [0, 0.1) is 0 Å². The summed E-state index contributed by atoms with van der Waals surface area (Å²) in [7, 11) is 1.37. The molecule has 0 aliphatic carbocycles. The molecule has 0 aliphatic rings. The van der Waals surface area contributed by atoms with Crippen LogP contribution in [-0.4, -0.2) is 13.6 Å². The number of hydrogen-bond acceptors (Lipinski definition) is 4. The van der Waals surface area contributed by atoms with Crippen LogP contribution in [0.25, 0.3) is 0 Å². The molecule has 0 bridgehead atoms. The molecule has 62 valence electrons. The number of rotatable bonds is 2. The summed E-state index contributed by atoms with van der Waals surface area (Å²) < 4.78 is 26.1. The van der Waals surface area contributed by atoms with Gasteiger partial charge in [0, 0.05) is 17.1 Å². The molecule has 0 fully saturated rings. The van der Waals surface area contributed by atoms with Crippen LogP contribution in [0.1, 0.15) is 12.7 Å². The van der Waals surface area contributed by atoms with Gasteiger partial charge in [-0.05, 0) is 0 Å². The fraction of sp³-hybridized carbons (Fsp3) is 0.400. The highest BCUT2D eigenvalue weighted by Crippen LogP contribution is 2.19. The fourth-order valence-electron chi connectivity index (χ4n) is 0.693. The SMILES string of the molecule is CCc1oncc1S(=O)(=O)Cl. The van der Waals surface area contributed by atoms with Crippen molar-refractivity contribution in [3.63, 3.8) is 0 Å². The third-order valence-electron chi connectivity index (χ3n) is 1.19. The minimum atomic E-state index is -3.69. The standard InChI is InChI=1S/C5H6ClNO3S/c1-2-4-5(3-7-10-4)11(6,8)9/h3H,2H2,1H3. The van der Waals surface area contributed by atoms with Crippen molar-refractivity contribution in [3.05, 3.63) is 12.0 Å². The van der Waals surface area contributed by atoms with Gasteiger partial charge in [0.25, 0.3) is 9.05 Å². The second-order valence-corrected chi connectivity index (χ2v) is 4.44. The summed E-state index contributed by atoms with van der Waals surface area (Å²) in [6.07, 6.45) is 1.56. The minimum absolute atomic E-state index is 0.0401. The number of aromatic nitrogens is 1. The Balaban J connectivity index is 3.24. The minimum Gasteiger partial charge on any atom is -0.360 e. The lowest BCUT2D eigenvalue weighted by molar-refractivity contribution is 0.383. The molecule has 0 radical (unpaired) electrons. The van der Waals surface area contributed by atoms with E-state index in [1.54, 1.807) is 6.92 Å². The van der Waals surface area contributed by atoms with Gasteiger partial charge in [-0.3, -0.25) is 0 Å². The first-order valence-corrected chi connectivity index (χ1v) is 5.25. The molecule has 11 heavy (non-hydrogen) atoms. The summed E-state index contributed by atoms with van der Waals surface area (Å²) in [6, 6.07) is 0. The van der Waals surface area contributed by atoms with Gasteiger partial charge < -0.3 is 4.52 Å². The van der Waals surface area contributed by atoms with Crippen molar-refractivity contribution in [2.75, 3.05) is 0 Å². The molecule has 1 heterocycles. The highest BCUT2D eigenvalue weighted by Gasteiger charge is 2.18. The summed E-state index contributed by atoms with van der Waals surface area (Å²) in [5.41, 5.74) is 0. The highest BCUT2D eigenvalue weighted by molar-refractivity contribution is 8.13. The Morgan fingerprint density at radius 2 is 2.36 bits per heavy atom. The van der Waals surface area contributed by atoms with Crippen molar-refractivity contribution in [1.29, 1.82) is 0 Å². The Hall–Kier alpha value is -0.550. The lowest BCUT2D eigenvalue weighted by Crippen LogP contribution is -1.91. The maximum atomic E-state index is 10.7. The van der Waals surface area contributed by atoms with Crippen LogP contribution in [0.3, 0.4) is 0 Å². The van der Waals surface area contributed by atoms with E-state index in [0.29, 0.717) is 12.2 Å². The van der Waals surface area contributed by atoms with Crippen molar-refractivity contribution in [3.8, 4) is 0 Å². The average Bonchev–Trinajstić information content (AvgIpc) is 2.31. The smallest absolute Gasteiger partial charge is 0.266 e. The summed E-state index contributed by atoms with van der Waals surface area (Å²) in [6.45, 7) is 1.76. The van der Waals surface area contributed by atoms with Crippen molar-refractivity contribution < 1.29 is 12.9 Å². The molecule has 0 unspecified atom stereocenters. The van der Waals surface area contributed by atoms with E-state index < -0.39 is 9.05 Å². The molecule has 0 aromatic carbocycles. The number of nitrogens with zero attached hydrogens (tertiary/aromatic N) is 1. The van der Waals surface area contributed by atoms with Crippen molar-refractivity contribution >= 4 is 19.7 Å². The second-order valence-electron chi connectivity index (χ2n) is 1.90. The second kappa shape index (κ2) is 2.83. The Kier molecular flexibility index (Phi) is 2.20. The van der Waals surface area contributed by atoms with Crippen molar-refractivity contribution in [1.82, 2.24) is 5.16 Å². The molecule has 1 aromatic heterocycles. The predicted molar refractivity (Wildman–Crippen MR) is 38.9 cm³/mol. The normalized spacial score (nSPS) is 11.8. The van der Waals surface area contributed by atoms with Crippen LogP contribution in [0.2, 0.25) is 0 Å². The van der Waals surface area contributed by atoms with Crippen molar-refractivity contribution in [2.45, 2.75) is 18.2 Å². The van der Waals surface area contributed by atoms with E-state index in [0.717, 1.165) is 6.20 Å². The van der Waals surface area contributed by atoms with E-state index in [9.17, 15) is 8.42 Å². The zero-order chi connectivity index (χ0) is 8.48. The summed E-state index contributed by atoms with van der Waals surface area (Å²) in [5, 5.41) is 3.32. The van der Waals surface area contributed by atoms with Crippen LogP contribution in [0.15, 0.2) is 15.6 Å². The molecule has 6 heteroatoms. The first kappa shape index (κ1) is 8.55. The topological polar surface area (TPSA) is 60.2 Å². The van der Waals surface area contributed by atoms with Crippen LogP contribution in [0.4, 0.5) is 0 Å². The summed E-state index contributed by atoms with van der Waals surface area (Å²) in [5.74, 6) is 0.292. The third kappa shape index (κ3) is 1.72. The Morgan fingerprint density at radius 3 is 2.73 bits per heavy atom. The van der Waals surface area contributed by atoms with Gasteiger partial charge in [-0.2, -0.15) is 0 Å². The van der Waals surface area contributed by atoms with E-state index in [1.165, 1.54) is 0 Å². The van der Waals surface area contributed by atoms with Gasteiger partial charge in [0.15, 0.2) is 5.76 Å². The first-order valence-electron chi connectivity index (χ1n) is 2.94. The molecule has 0 amide bonds. The van der Waals surface area contributed by atoms with Gasteiger partial charge in [-0.1, -0.05) is 12.1 Å². The van der Waals surface area contributed by atoms with Crippen LogP contribution in [-0.2, 0) is 15.5 Å². The van der Waals surface area contributed by atoms with Crippen LogP contribution < -0.4 is 0 Å². The Bertz CT molecular complexity index is 342. The fourth-order valence-corrected chi connectivity index (χ4v) is 1.69. The zero-order valence-corrected chi connectivity index (χ0v) is 7.32. The summed E-state index contributed by atoms with van der Waals surface area (Å²) >= 11 is 0. The Labute approximate surface area is 68.6 Å². The van der Waals surface area contributed by atoms with E-state index >= 15 is 0 Å². The van der Waals surface area contributed by atoms with Gasteiger partial charge in [-0.25, -0.2) is 8.42 Å². The van der Waals surface area contributed by atoms with E-state index in [-0.39, 0.29) is 4.90 Å². The zero-order valence-electron chi connectivity index (χ0n) is 5.74. The quantitative estimate of drug-likeness (QED) is 0.665. The largest absolute Gasteiger partial charge is 0.360 e. The van der Waals surface area contributed by atoms with E-state index in [1.807, 2.05) is 0 Å². The lowest BCUT2D eigenvalue weighted by atomic mass is 10.4. The van der Waals surface area contributed by atoms with Gasteiger partial charge in [-0.15, -0.1) is 0 Å². The number of aryl methyl sites for hydroxylation is 1. The number of hydrogen-bond donors (Lipinski definition) is 0. The number of halogens is 1. The van der Waals surface area contributed by atoms with Gasteiger partial charge >= 0.3 is 0 Å². The average molecular weight is 196 g/mol. The molecule has 0 saturated heterocycles. The molecule has 1 aromatic rings. The maximum Gasteiger partial charge on any atom is 0.266 e. The monoisotopic (exact) mass is 195 g/mol. The molecule has 0 saturated carbocycles. The van der Waals surface area contributed by atoms with Gasteiger partial charge in [0.05, 0.1) is 6.20 Å². The maximum absolute atomic E-state index is 10.7. The molecule has 1 rings (SSSR count). The van der Waals surface area contributed by atoms with Crippen LogP contribution in [0.5, 0.6) is 0 Å². The predicted octanol–water partition coefficient (Wildman–Crippen LogP) is 1.16. The lowest BCUT2D eigenvalue weighted by Gasteiger charge is -1.90. The van der Waals surface area contributed by atoms with E-state index in [2.05, 4.69) is 9.68 Å². The van der Waals surface area contributed by atoms with Gasteiger partial charge in [0.2, 0.25) is 0 Å². The third-order valence-corrected chi connectivity index (χ3v) is 2.55. The van der Waals surface area contributed by atoms with Gasteiger partial charge in [0.1, 0.15) is 4.90 Å². The first-order chi connectivity index (χ1) is 5.05. The molecule has 0 aliphatic heterocycles. The molecule has 4 nitrogen and oxygen atoms in total. The molecular formula is C5H6ClNO3S. The van der Waals surface area contributed by atoms with E-state index in [4.69, 9.17) is 10.7 Å². The molecule has 0 atom stereocenters. The molecular weight excluding hydrogens is 190 g/mol. The molecule has 0 spiro atoms. The Morgan fingerprint density at radius 1 is 1.73 bits per heavy atom. The summed E-state index contributed by atoms with van der Waals surface area (Å²) in [4.78, 5) is -0.0401. The molecule has 0 N–H and O–H groups in total. The highest BCUT2D eigenvalue weighted by atomic mass is 35.7. The van der Waals surface area contributed by atoms with Crippen molar-refractivity contribution in [2.24, 2.45) is 0 Å². The van der Waals surface area contributed by atoms with Crippen LogP contribution >= 0.6 is 10.7 Å².